The van der Waals surface area contributed by atoms with Crippen LogP contribution < -0.4 is 4.72 Å². The van der Waals surface area contributed by atoms with Gasteiger partial charge in [0.2, 0.25) is 10.0 Å². The molecule has 1 heterocycles. The van der Waals surface area contributed by atoms with E-state index >= 15 is 0 Å². The Morgan fingerprint density at radius 1 is 1.19 bits per heavy atom. The van der Waals surface area contributed by atoms with E-state index in [0.29, 0.717) is 31.0 Å². The van der Waals surface area contributed by atoms with Gasteiger partial charge in [-0.2, -0.15) is 5.10 Å². The van der Waals surface area contributed by atoms with Crippen molar-refractivity contribution < 1.29 is 8.42 Å². The Kier molecular flexibility index (Phi) is 5.64. The molecule has 21 heavy (non-hydrogen) atoms. The van der Waals surface area contributed by atoms with Crippen LogP contribution in [0.4, 0.5) is 5.69 Å². The Morgan fingerprint density at radius 3 is 2.57 bits per heavy atom. The lowest BCUT2D eigenvalue weighted by Crippen LogP contribution is -2.16. The van der Waals surface area contributed by atoms with Gasteiger partial charge in [-0.15, -0.1) is 11.6 Å². The average molecular weight is 328 g/mol. The maximum atomic E-state index is 11.8. The van der Waals surface area contributed by atoms with E-state index in [0.717, 1.165) is 5.56 Å². The number of nitrogens with one attached hydrogen (secondary N) is 1. The molecule has 2 aromatic rings. The second-order valence-electron chi connectivity index (χ2n) is 4.72. The number of anilines is 1. The highest BCUT2D eigenvalue weighted by Crippen LogP contribution is 2.13. The van der Waals surface area contributed by atoms with Gasteiger partial charge in [0.1, 0.15) is 0 Å². The number of rotatable bonds is 8. The van der Waals surface area contributed by atoms with Crippen molar-refractivity contribution in [1.29, 1.82) is 0 Å². The Bertz CT molecular complexity index is 639. The summed E-state index contributed by atoms with van der Waals surface area (Å²) < 4.78 is 28.1. The smallest absolute Gasteiger partial charge is 0.232 e. The van der Waals surface area contributed by atoms with Gasteiger partial charge in [-0.3, -0.25) is 9.40 Å². The number of sulfonamides is 1. The molecule has 0 aliphatic rings. The second-order valence-corrected chi connectivity index (χ2v) is 6.94. The van der Waals surface area contributed by atoms with Crippen molar-refractivity contribution in [2.24, 2.45) is 0 Å². The fourth-order valence-electron chi connectivity index (χ4n) is 1.88. The first kappa shape index (κ1) is 15.9. The average Bonchev–Trinajstić information content (AvgIpc) is 2.94. The molecule has 0 atom stereocenters. The monoisotopic (exact) mass is 327 g/mol. The van der Waals surface area contributed by atoms with Gasteiger partial charge in [-0.05, 0) is 36.6 Å². The molecule has 1 N–H and O–H groups in total. The number of halogens is 1. The van der Waals surface area contributed by atoms with Crippen molar-refractivity contribution in [3.8, 4) is 0 Å². The molecule has 0 saturated heterocycles. The van der Waals surface area contributed by atoms with Crippen LogP contribution in [0.1, 0.15) is 18.4 Å². The van der Waals surface area contributed by atoms with E-state index in [4.69, 9.17) is 11.6 Å². The summed E-state index contributed by atoms with van der Waals surface area (Å²) in [5.74, 6) is 0.576. The molecule has 0 spiro atoms. The summed E-state index contributed by atoms with van der Waals surface area (Å²) in [6.45, 7) is 0.662. The van der Waals surface area contributed by atoms with Crippen LogP contribution in [0.15, 0.2) is 42.7 Å². The van der Waals surface area contributed by atoms with Gasteiger partial charge in [-0.25, -0.2) is 8.42 Å². The molecule has 0 aliphatic heterocycles. The summed E-state index contributed by atoms with van der Waals surface area (Å²) in [5.41, 5.74) is 1.63. The van der Waals surface area contributed by atoms with Crippen molar-refractivity contribution in [1.82, 2.24) is 9.78 Å². The summed E-state index contributed by atoms with van der Waals surface area (Å²) in [6, 6.07) is 9.16. The fraction of sp³-hybridized carbons (Fsp3) is 0.357. The topological polar surface area (TPSA) is 64.0 Å². The Hall–Kier alpha value is -1.53. The van der Waals surface area contributed by atoms with Gasteiger partial charge in [-0.1, -0.05) is 12.1 Å². The number of alkyl halides is 1. The highest BCUT2D eigenvalue weighted by Gasteiger charge is 2.09. The molecule has 0 saturated carbocycles. The lowest BCUT2D eigenvalue weighted by molar-refractivity contribution is 0.598. The number of hydrogen-bond acceptors (Lipinski definition) is 3. The van der Waals surface area contributed by atoms with E-state index in [1.807, 2.05) is 29.1 Å². The minimum atomic E-state index is -3.30. The Morgan fingerprint density at radius 2 is 1.95 bits per heavy atom. The molecule has 1 aromatic heterocycles. The van der Waals surface area contributed by atoms with Crippen LogP contribution in [-0.2, 0) is 16.6 Å². The number of hydrogen-bond donors (Lipinski definition) is 1. The maximum Gasteiger partial charge on any atom is 0.232 e. The molecule has 0 aliphatic carbocycles. The number of nitrogens with zero attached hydrogens (tertiary/aromatic N) is 2. The summed E-state index contributed by atoms with van der Waals surface area (Å²) in [6.07, 6.45) is 4.87. The predicted octanol–water partition coefficient (Wildman–Crippen LogP) is 2.69. The first-order valence-corrected chi connectivity index (χ1v) is 8.90. The summed E-state index contributed by atoms with van der Waals surface area (Å²) in [4.78, 5) is 0. The van der Waals surface area contributed by atoms with Crippen LogP contribution in [0.3, 0.4) is 0 Å². The Labute approximate surface area is 130 Å². The molecule has 0 radical (unpaired) electrons. The zero-order valence-electron chi connectivity index (χ0n) is 11.6. The minimum Gasteiger partial charge on any atom is -0.284 e. The van der Waals surface area contributed by atoms with Crippen molar-refractivity contribution in [2.45, 2.75) is 19.4 Å². The third kappa shape index (κ3) is 5.40. The summed E-state index contributed by atoms with van der Waals surface area (Å²) >= 11 is 5.54. The zero-order chi connectivity index (χ0) is 15.1. The first-order valence-electron chi connectivity index (χ1n) is 6.72. The minimum absolute atomic E-state index is 0.0920. The van der Waals surface area contributed by atoms with Gasteiger partial charge in [0.05, 0.1) is 12.3 Å². The Balaban J connectivity index is 1.92. The molecule has 0 amide bonds. The van der Waals surface area contributed by atoms with Gasteiger partial charge in [0, 0.05) is 24.0 Å². The number of unbranched alkanes of at least 4 members (excludes halogenated alkanes) is 1. The van der Waals surface area contributed by atoms with Crippen LogP contribution in [0.2, 0.25) is 0 Å². The van der Waals surface area contributed by atoms with Crippen molar-refractivity contribution in [2.75, 3.05) is 16.4 Å². The van der Waals surface area contributed by atoms with Gasteiger partial charge in [0.15, 0.2) is 0 Å². The van der Waals surface area contributed by atoms with Crippen LogP contribution in [0.25, 0.3) is 0 Å². The van der Waals surface area contributed by atoms with E-state index in [1.54, 1.807) is 18.3 Å². The fourth-order valence-corrected chi connectivity index (χ4v) is 3.25. The third-order valence-corrected chi connectivity index (χ3v) is 4.57. The van der Waals surface area contributed by atoms with Crippen LogP contribution in [0.5, 0.6) is 0 Å². The summed E-state index contributed by atoms with van der Waals surface area (Å²) in [7, 11) is -3.30. The van der Waals surface area contributed by atoms with Gasteiger partial charge < -0.3 is 0 Å². The lowest BCUT2D eigenvalue weighted by Gasteiger charge is -2.08. The highest BCUT2D eigenvalue weighted by atomic mass is 35.5. The van der Waals surface area contributed by atoms with Crippen molar-refractivity contribution >= 4 is 27.3 Å². The number of benzene rings is 1. The lowest BCUT2D eigenvalue weighted by atomic mass is 10.2. The van der Waals surface area contributed by atoms with E-state index < -0.39 is 10.0 Å². The molecule has 5 nitrogen and oxygen atoms in total. The largest absolute Gasteiger partial charge is 0.284 e. The zero-order valence-corrected chi connectivity index (χ0v) is 13.1. The maximum absolute atomic E-state index is 11.8. The SMILES string of the molecule is O=S(=O)(CCCCCl)Nc1ccc(Cn2cccn2)cc1. The highest BCUT2D eigenvalue weighted by molar-refractivity contribution is 7.92. The van der Waals surface area contributed by atoms with Crippen molar-refractivity contribution in [3.05, 3.63) is 48.3 Å². The summed E-state index contributed by atoms with van der Waals surface area (Å²) in [5, 5.41) is 4.13. The molecule has 0 bridgehead atoms. The first-order chi connectivity index (χ1) is 10.1. The normalized spacial score (nSPS) is 11.5. The molecular weight excluding hydrogens is 310 g/mol. The molecule has 7 heteroatoms. The molecule has 0 unspecified atom stereocenters. The van der Waals surface area contributed by atoms with Gasteiger partial charge >= 0.3 is 0 Å². The molecule has 114 valence electrons. The van der Waals surface area contributed by atoms with E-state index in [-0.39, 0.29) is 5.75 Å². The number of aromatic nitrogens is 2. The molecule has 1 aromatic carbocycles. The van der Waals surface area contributed by atoms with Gasteiger partial charge in [0.25, 0.3) is 0 Å². The standard InChI is InChI=1S/C14H18ClN3O2S/c15-8-1-2-11-21(19,20)17-14-6-4-13(5-7-14)12-18-10-3-9-16-18/h3-7,9-10,17H,1-2,8,11-12H2. The predicted molar refractivity (Wildman–Crippen MR) is 85.1 cm³/mol. The van der Waals surface area contributed by atoms with E-state index in [2.05, 4.69) is 9.82 Å². The third-order valence-electron chi connectivity index (χ3n) is 2.93. The van der Waals surface area contributed by atoms with E-state index in [1.165, 1.54) is 0 Å². The molecule has 2 rings (SSSR count). The molecule has 0 fully saturated rings. The van der Waals surface area contributed by atoms with Crippen LogP contribution in [-0.4, -0.2) is 29.8 Å². The van der Waals surface area contributed by atoms with E-state index in [9.17, 15) is 8.42 Å². The second kappa shape index (κ2) is 7.47. The van der Waals surface area contributed by atoms with Crippen LogP contribution in [0, 0.1) is 0 Å². The van der Waals surface area contributed by atoms with Crippen molar-refractivity contribution in [3.63, 3.8) is 0 Å². The molecular formula is C14H18ClN3O2S. The van der Waals surface area contributed by atoms with Crippen LogP contribution >= 0.6 is 11.6 Å². The quantitative estimate of drug-likeness (QED) is 0.599.